The molecule has 0 saturated heterocycles. The lowest BCUT2D eigenvalue weighted by molar-refractivity contribution is 0.472. The molecule has 0 amide bonds. The van der Waals surface area contributed by atoms with Gasteiger partial charge in [0.2, 0.25) is 0 Å². The van der Waals surface area contributed by atoms with E-state index in [2.05, 4.69) is 21.2 Å². The standard InChI is InChI=1S/C15H16BrF2NS/c1-3-19-13(7-11-6-10(16)8-20-11)14-12(17)5-4-9(2)15(14)18/h4-6,8,13,19H,3,7H2,1-2H3. The molecule has 1 heterocycles. The van der Waals surface area contributed by atoms with Crippen molar-refractivity contribution in [1.29, 1.82) is 0 Å². The summed E-state index contributed by atoms with van der Waals surface area (Å²) in [7, 11) is 0. The average Bonchev–Trinajstić information content (AvgIpc) is 2.80. The Morgan fingerprint density at radius 1 is 1.35 bits per heavy atom. The van der Waals surface area contributed by atoms with Crippen molar-refractivity contribution in [2.75, 3.05) is 6.54 Å². The predicted octanol–water partition coefficient (Wildman–Crippen LogP) is 4.99. The van der Waals surface area contributed by atoms with E-state index < -0.39 is 11.6 Å². The lowest BCUT2D eigenvalue weighted by Crippen LogP contribution is -2.25. The Morgan fingerprint density at radius 3 is 2.70 bits per heavy atom. The molecule has 0 aliphatic rings. The molecule has 0 fully saturated rings. The first-order valence-electron chi connectivity index (χ1n) is 6.43. The van der Waals surface area contributed by atoms with Crippen molar-refractivity contribution in [3.05, 3.63) is 55.7 Å². The fourth-order valence-corrected chi connectivity index (χ4v) is 3.68. The number of rotatable bonds is 5. The highest BCUT2D eigenvalue weighted by Crippen LogP contribution is 2.29. The highest BCUT2D eigenvalue weighted by molar-refractivity contribution is 9.10. The minimum Gasteiger partial charge on any atom is -0.310 e. The van der Waals surface area contributed by atoms with Gasteiger partial charge >= 0.3 is 0 Å². The molecule has 0 aliphatic heterocycles. The van der Waals surface area contributed by atoms with Gasteiger partial charge in [-0.05, 0) is 47.1 Å². The monoisotopic (exact) mass is 359 g/mol. The highest BCUT2D eigenvalue weighted by Gasteiger charge is 2.21. The number of thiophene rings is 1. The SMILES string of the molecule is CCNC(Cc1cc(Br)cs1)c1c(F)ccc(C)c1F. The Hall–Kier alpha value is -0.780. The molecule has 20 heavy (non-hydrogen) atoms. The maximum atomic E-state index is 14.3. The van der Waals surface area contributed by atoms with Crippen LogP contribution in [-0.4, -0.2) is 6.54 Å². The third-order valence-electron chi connectivity index (χ3n) is 3.15. The van der Waals surface area contributed by atoms with Crippen molar-refractivity contribution < 1.29 is 8.78 Å². The van der Waals surface area contributed by atoms with Crippen LogP contribution in [0.15, 0.2) is 28.1 Å². The van der Waals surface area contributed by atoms with Gasteiger partial charge in [0.15, 0.2) is 0 Å². The van der Waals surface area contributed by atoms with Gasteiger partial charge in [-0.3, -0.25) is 0 Å². The molecule has 2 aromatic rings. The molecule has 1 nitrogen and oxygen atoms in total. The molecule has 0 spiro atoms. The van der Waals surface area contributed by atoms with Gasteiger partial charge in [0, 0.05) is 32.8 Å². The van der Waals surface area contributed by atoms with E-state index in [1.54, 1.807) is 18.3 Å². The number of halogens is 3. The van der Waals surface area contributed by atoms with Crippen molar-refractivity contribution in [2.24, 2.45) is 0 Å². The summed E-state index contributed by atoms with van der Waals surface area (Å²) in [6, 6.07) is 4.44. The smallest absolute Gasteiger partial charge is 0.133 e. The Kier molecular flexibility index (Phi) is 5.29. The van der Waals surface area contributed by atoms with E-state index in [-0.39, 0.29) is 11.6 Å². The first kappa shape index (κ1) is 15.6. The quantitative estimate of drug-likeness (QED) is 0.792. The summed E-state index contributed by atoms with van der Waals surface area (Å²) in [5.41, 5.74) is 0.605. The van der Waals surface area contributed by atoms with E-state index >= 15 is 0 Å². The number of nitrogens with one attached hydrogen (secondary N) is 1. The topological polar surface area (TPSA) is 12.0 Å². The molecule has 1 unspecified atom stereocenters. The Balaban J connectivity index is 2.35. The van der Waals surface area contributed by atoms with Crippen LogP contribution < -0.4 is 5.32 Å². The van der Waals surface area contributed by atoms with Gasteiger partial charge < -0.3 is 5.32 Å². The Morgan fingerprint density at radius 2 is 2.10 bits per heavy atom. The van der Waals surface area contributed by atoms with Crippen LogP contribution in [0.5, 0.6) is 0 Å². The molecule has 0 aliphatic carbocycles. The number of hydrogen-bond acceptors (Lipinski definition) is 2. The minimum atomic E-state index is -0.491. The van der Waals surface area contributed by atoms with E-state index in [0.29, 0.717) is 18.5 Å². The summed E-state index contributed by atoms with van der Waals surface area (Å²) in [5, 5.41) is 5.15. The van der Waals surface area contributed by atoms with Crippen molar-refractivity contribution in [1.82, 2.24) is 5.32 Å². The van der Waals surface area contributed by atoms with Crippen molar-refractivity contribution >= 4 is 27.3 Å². The molecule has 0 bridgehead atoms. The molecule has 1 aromatic carbocycles. The zero-order valence-electron chi connectivity index (χ0n) is 11.3. The lowest BCUT2D eigenvalue weighted by atomic mass is 9.99. The van der Waals surface area contributed by atoms with Crippen molar-refractivity contribution in [3.8, 4) is 0 Å². The molecule has 0 saturated carbocycles. The van der Waals surface area contributed by atoms with E-state index in [1.807, 2.05) is 18.4 Å². The summed E-state index contributed by atoms with van der Waals surface area (Å²) in [6.07, 6.45) is 0.571. The van der Waals surface area contributed by atoms with Gasteiger partial charge in [-0.2, -0.15) is 0 Å². The zero-order valence-corrected chi connectivity index (χ0v) is 13.7. The minimum absolute atomic E-state index is 0.136. The summed E-state index contributed by atoms with van der Waals surface area (Å²) in [6.45, 7) is 4.25. The van der Waals surface area contributed by atoms with E-state index in [0.717, 1.165) is 9.35 Å². The second-order valence-corrected chi connectivity index (χ2v) is 6.55. The van der Waals surface area contributed by atoms with E-state index in [1.165, 1.54) is 12.1 Å². The number of likely N-dealkylation sites (N-methyl/N-ethyl adjacent to an activating group) is 1. The Labute approximate surface area is 130 Å². The molecule has 108 valence electrons. The molecule has 2 rings (SSSR count). The molecule has 0 radical (unpaired) electrons. The third kappa shape index (κ3) is 3.45. The first-order valence-corrected chi connectivity index (χ1v) is 8.11. The van der Waals surface area contributed by atoms with E-state index in [9.17, 15) is 8.78 Å². The van der Waals surface area contributed by atoms with Crippen LogP contribution in [0.2, 0.25) is 0 Å². The third-order valence-corrected chi connectivity index (χ3v) is 4.87. The molecule has 5 heteroatoms. The van der Waals surface area contributed by atoms with Gasteiger partial charge in [0.25, 0.3) is 0 Å². The fourth-order valence-electron chi connectivity index (χ4n) is 2.18. The predicted molar refractivity (Wildman–Crippen MR) is 83.2 cm³/mol. The second-order valence-electron chi connectivity index (χ2n) is 4.64. The van der Waals surface area contributed by atoms with E-state index in [4.69, 9.17) is 0 Å². The fraction of sp³-hybridized carbons (Fsp3) is 0.333. The van der Waals surface area contributed by atoms with Crippen LogP contribution in [-0.2, 0) is 6.42 Å². The van der Waals surface area contributed by atoms with Gasteiger partial charge in [0.1, 0.15) is 11.6 Å². The molecule has 1 N–H and O–H groups in total. The Bertz CT molecular complexity index is 598. The van der Waals surface area contributed by atoms with Crippen LogP contribution >= 0.6 is 27.3 Å². The normalized spacial score (nSPS) is 12.7. The second kappa shape index (κ2) is 6.78. The largest absolute Gasteiger partial charge is 0.310 e. The molecule has 1 atom stereocenters. The van der Waals surface area contributed by atoms with Gasteiger partial charge in [-0.25, -0.2) is 8.78 Å². The zero-order chi connectivity index (χ0) is 14.7. The summed E-state index contributed by atoms with van der Waals surface area (Å²) in [5.74, 6) is -0.943. The van der Waals surface area contributed by atoms with Crippen LogP contribution in [0, 0.1) is 18.6 Å². The summed E-state index contributed by atoms with van der Waals surface area (Å²) < 4.78 is 29.3. The maximum Gasteiger partial charge on any atom is 0.133 e. The lowest BCUT2D eigenvalue weighted by Gasteiger charge is -2.20. The first-order chi connectivity index (χ1) is 9.52. The van der Waals surface area contributed by atoms with Crippen molar-refractivity contribution in [3.63, 3.8) is 0 Å². The van der Waals surface area contributed by atoms with Crippen LogP contribution in [0.25, 0.3) is 0 Å². The highest BCUT2D eigenvalue weighted by atomic mass is 79.9. The van der Waals surface area contributed by atoms with Crippen LogP contribution in [0.4, 0.5) is 8.78 Å². The summed E-state index contributed by atoms with van der Waals surface area (Å²) in [4.78, 5) is 1.09. The molecule has 1 aromatic heterocycles. The van der Waals surface area contributed by atoms with Crippen LogP contribution in [0.1, 0.15) is 29.0 Å². The number of aryl methyl sites for hydroxylation is 1. The number of hydrogen-bond donors (Lipinski definition) is 1. The summed E-state index contributed by atoms with van der Waals surface area (Å²) >= 11 is 4.98. The molecular weight excluding hydrogens is 344 g/mol. The van der Waals surface area contributed by atoms with Gasteiger partial charge in [0.05, 0.1) is 0 Å². The molecular formula is C15H16BrF2NS. The van der Waals surface area contributed by atoms with Gasteiger partial charge in [-0.15, -0.1) is 11.3 Å². The van der Waals surface area contributed by atoms with Gasteiger partial charge in [-0.1, -0.05) is 13.0 Å². The van der Waals surface area contributed by atoms with Crippen LogP contribution in [0.3, 0.4) is 0 Å². The average molecular weight is 360 g/mol. The number of benzene rings is 1. The maximum absolute atomic E-state index is 14.3. The van der Waals surface area contributed by atoms with Crippen molar-refractivity contribution in [2.45, 2.75) is 26.3 Å².